The van der Waals surface area contributed by atoms with Crippen LogP contribution in [0.3, 0.4) is 0 Å². The molecule has 0 radical (unpaired) electrons. The van der Waals surface area contributed by atoms with Crippen LogP contribution in [0.25, 0.3) is 0 Å². The van der Waals surface area contributed by atoms with E-state index in [0.29, 0.717) is 0 Å². The molecular weight excluding hydrogens is 313 g/mol. The van der Waals surface area contributed by atoms with Crippen molar-refractivity contribution < 1.29 is 9.18 Å². The van der Waals surface area contributed by atoms with E-state index in [-0.39, 0.29) is 23.5 Å². The molecule has 3 rings (SSSR count). The number of nitrogens with one attached hydrogen (secondary N) is 1. The Balaban J connectivity index is 1.88. The van der Waals surface area contributed by atoms with Gasteiger partial charge in [0, 0.05) is 11.1 Å². The molecule has 0 spiro atoms. The van der Waals surface area contributed by atoms with Gasteiger partial charge in [0.1, 0.15) is 11.5 Å². The second-order valence-electron chi connectivity index (χ2n) is 5.02. The van der Waals surface area contributed by atoms with Crippen LogP contribution in [0.1, 0.15) is 32.7 Å². The third-order valence-corrected chi connectivity index (χ3v) is 4.26. The number of aromatic nitrogens is 2. The van der Waals surface area contributed by atoms with E-state index in [1.807, 2.05) is 24.4 Å². The Morgan fingerprint density at radius 3 is 2.57 bits per heavy atom. The van der Waals surface area contributed by atoms with Gasteiger partial charge < -0.3 is 5.32 Å². The zero-order chi connectivity index (χ0) is 16.2. The maximum absolute atomic E-state index is 13.2. The molecule has 6 heteroatoms. The van der Waals surface area contributed by atoms with Gasteiger partial charge in [0.05, 0.1) is 17.9 Å². The number of aryl methyl sites for hydroxylation is 1. The van der Waals surface area contributed by atoms with Crippen molar-refractivity contribution in [2.24, 2.45) is 0 Å². The zero-order valence-electron chi connectivity index (χ0n) is 12.4. The van der Waals surface area contributed by atoms with Crippen LogP contribution >= 0.6 is 11.3 Å². The number of amides is 1. The largest absolute Gasteiger partial charge is 0.339 e. The Morgan fingerprint density at radius 2 is 1.96 bits per heavy atom. The fourth-order valence-electron chi connectivity index (χ4n) is 2.14. The Labute approximate surface area is 137 Å². The van der Waals surface area contributed by atoms with E-state index in [0.717, 1.165) is 16.1 Å². The van der Waals surface area contributed by atoms with E-state index >= 15 is 0 Å². The number of carbonyl (C=O) groups excluding carboxylic acids is 1. The highest BCUT2D eigenvalue weighted by molar-refractivity contribution is 7.10. The van der Waals surface area contributed by atoms with Gasteiger partial charge in [0.2, 0.25) is 0 Å². The molecule has 3 aromatic rings. The molecule has 2 heterocycles. The molecule has 0 bridgehead atoms. The van der Waals surface area contributed by atoms with Gasteiger partial charge in [-0.2, -0.15) is 0 Å². The Bertz CT molecular complexity index is 786. The highest BCUT2D eigenvalue weighted by atomic mass is 32.1. The van der Waals surface area contributed by atoms with Crippen molar-refractivity contribution in [3.05, 3.63) is 81.8 Å². The summed E-state index contributed by atoms with van der Waals surface area (Å²) in [5.41, 5.74) is 1.80. The third-order valence-electron chi connectivity index (χ3n) is 3.32. The van der Waals surface area contributed by atoms with Crippen molar-refractivity contribution in [3.8, 4) is 0 Å². The van der Waals surface area contributed by atoms with E-state index in [1.54, 1.807) is 18.3 Å². The van der Waals surface area contributed by atoms with Crippen LogP contribution in [0.2, 0.25) is 0 Å². The lowest BCUT2D eigenvalue weighted by atomic mass is 10.1. The number of carbonyl (C=O) groups is 1. The summed E-state index contributed by atoms with van der Waals surface area (Å²) < 4.78 is 13.2. The topological polar surface area (TPSA) is 54.9 Å². The molecule has 1 unspecified atom stereocenters. The Morgan fingerprint density at radius 1 is 1.17 bits per heavy atom. The summed E-state index contributed by atoms with van der Waals surface area (Å²) in [4.78, 5) is 21.6. The molecule has 4 nitrogen and oxygen atoms in total. The SMILES string of the molecule is Cc1cnc(C(=O)NC(c2ccc(F)cc2)c2cccs2)cn1. The lowest BCUT2D eigenvalue weighted by molar-refractivity contribution is 0.0938. The van der Waals surface area contributed by atoms with E-state index in [9.17, 15) is 9.18 Å². The van der Waals surface area contributed by atoms with Crippen molar-refractivity contribution in [2.45, 2.75) is 13.0 Å². The number of hydrogen-bond donors (Lipinski definition) is 1. The van der Waals surface area contributed by atoms with E-state index in [4.69, 9.17) is 0 Å². The highest BCUT2D eigenvalue weighted by Crippen LogP contribution is 2.26. The summed E-state index contributed by atoms with van der Waals surface area (Å²) in [6.45, 7) is 1.81. The quantitative estimate of drug-likeness (QED) is 0.798. The first-order chi connectivity index (χ1) is 11.1. The van der Waals surface area contributed by atoms with Crippen molar-refractivity contribution >= 4 is 17.2 Å². The molecule has 0 saturated heterocycles. The molecule has 0 aliphatic rings. The van der Waals surface area contributed by atoms with E-state index in [1.165, 1.54) is 29.7 Å². The number of halogens is 1. The second kappa shape index (κ2) is 6.66. The van der Waals surface area contributed by atoms with E-state index < -0.39 is 0 Å². The van der Waals surface area contributed by atoms with Gasteiger partial charge in [-0.15, -0.1) is 11.3 Å². The summed E-state index contributed by atoms with van der Waals surface area (Å²) in [6, 6.07) is 9.59. The minimum atomic E-state index is -0.355. The summed E-state index contributed by atoms with van der Waals surface area (Å²) >= 11 is 1.53. The van der Waals surface area contributed by atoms with Crippen LogP contribution in [0.15, 0.2) is 54.2 Å². The molecule has 116 valence electrons. The predicted molar refractivity (Wildman–Crippen MR) is 86.8 cm³/mol. The molecule has 2 aromatic heterocycles. The number of hydrogen-bond acceptors (Lipinski definition) is 4. The first kappa shape index (κ1) is 15.3. The summed E-state index contributed by atoms with van der Waals surface area (Å²) in [5.74, 6) is -0.630. The monoisotopic (exact) mass is 327 g/mol. The van der Waals surface area contributed by atoms with Gasteiger partial charge in [0.15, 0.2) is 0 Å². The minimum absolute atomic E-state index is 0.249. The number of benzene rings is 1. The molecule has 0 saturated carbocycles. The van der Waals surface area contributed by atoms with Gasteiger partial charge in [-0.3, -0.25) is 9.78 Å². The predicted octanol–water partition coefficient (Wildman–Crippen LogP) is 3.51. The fourth-order valence-corrected chi connectivity index (χ4v) is 2.95. The molecule has 23 heavy (non-hydrogen) atoms. The minimum Gasteiger partial charge on any atom is -0.339 e. The third kappa shape index (κ3) is 3.60. The van der Waals surface area contributed by atoms with Crippen molar-refractivity contribution in [3.63, 3.8) is 0 Å². The summed E-state index contributed by atoms with van der Waals surface area (Å²) in [5, 5.41) is 4.87. The maximum atomic E-state index is 13.2. The van der Waals surface area contributed by atoms with Crippen molar-refractivity contribution in [1.82, 2.24) is 15.3 Å². The molecule has 0 aliphatic carbocycles. The fraction of sp³-hybridized carbons (Fsp3) is 0.118. The smallest absolute Gasteiger partial charge is 0.272 e. The van der Waals surface area contributed by atoms with Gasteiger partial charge in [-0.25, -0.2) is 9.37 Å². The zero-order valence-corrected chi connectivity index (χ0v) is 13.2. The molecule has 1 atom stereocenters. The molecule has 0 fully saturated rings. The van der Waals surface area contributed by atoms with Gasteiger partial charge in [-0.05, 0) is 36.1 Å². The molecule has 0 aliphatic heterocycles. The Hall–Kier alpha value is -2.60. The number of thiophene rings is 1. The lowest BCUT2D eigenvalue weighted by Crippen LogP contribution is -2.29. The number of nitrogens with zero attached hydrogens (tertiary/aromatic N) is 2. The first-order valence-electron chi connectivity index (χ1n) is 7.02. The van der Waals surface area contributed by atoms with Crippen LogP contribution in [-0.4, -0.2) is 15.9 Å². The lowest BCUT2D eigenvalue weighted by Gasteiger charge is -2.18. The van der Waals surface area contributed by atoms with Gasteiger partial charge in [-0.1, -0.05) is 18.2 Å². The summed E-state index contributed by atoms with van der Waals surface area (Å²) in [7, 11) is 0. The first-order valence-corrected chi connectivity index (χ1v) is 7.90. The standard InChI is InChI=1S/C17H14FN3OS/c1-11-9-20-14(10-19-11)17(22)21-16(15-3-2-8-23-15)12-4-6-13(18)7-5-12/h2-10,16H,1H3,(H,21,22). The Kier molecular flexibility index (Phi) is 4.43. The van der Waals surface area contributed by atoms with Crippen LogP contribution in [0.4, 0.5) is 4.39 Å². The van der Waals surface area contributed by atoms with Gasteiger partial charge in [0.25, 0.3) is 5.91 Å². The number of rotatable bonds is 4. The summed E-state index contributed by atoms with van der Waals surface area (Å²) in [6.07, 6.45) is 2.99. The molecule has 1 amide bonds. The van der Waals surface area contributed by atoms with E-state index in [2.05, 4.69) is 15.3 Å². The molecule has 1 N–H and O–H groups in total. The van der Waals surface area contributed by atoms with Crippen LogP contribution in [0.5, 0.6) is 0 Å². The average Bonchev–Trinajstić information content (AvgIpc) is 3.08. The molecular formula is C17H14FN3OS. The maximum Gasteiger partial charge on any atom is 0.272 e. The van der Waals surface area contributed by atoms with Crippen molar-refractivity contribution in [1.29, 1.82) is 0 Å². The molecule has 1 aromatic carbocycles. The van der Waals surface area contributed by atoms with Gasteiger partial charge >= 0.3 is 0 Å². The van der Waals surface area contributed by atoms with Crippen LogP contribution in [0, 0.1) is 12.7 Å². The van der Waals surface area contributed by atoms with Crippen LogP contribution in [-0.2, 0) is 0 Å². The highest BCUT2D eigenvalue weighted by Gasteiger charge is 2.19. The van der Waals surface area contributed by atoms with Crippen molar-refractivity contribution in [2.75, 3.05) is 0 Å². The normalized spacial score (nSPS) is 11.9. The average molecular weight is 327 g/mol. The second-order valence-corrected chi connectivity index (χ2v) is 6.00. The van der Waals surface area contributed by atoms with Crippen LogP contribution < -0.4 is 5.32 Å².